The zero-order valence-corrected chi connectivity index (χ0v) is 7.80. The van der Waals surface area contributed by atoms with Crippen molar-refractivity contribution in [3.63, 3.8) is 0 Å². The van der Waals surface area contributed by atoms with Crippen LogP contribution in [0, 0.1) is 5.41 Å². The first-order chi connectivity index (χ1) is 5.10. The van der Waals surface area contributed by atoms with Crippen LogP contribution in [0.25, 0.3) is 0 Å². The summed E-state index contributed by atoms with van der Waals surface area (Å²) in [5, 5.41) is 8.73. The lowest BCUT2D eigenvalue weighted by molar-refractivity contribution is 0.147. The molecule has 0 saturated heterocycles. The summed E-state index contributed by atoms with van der Waals surface area (Å²) in [5.41, 5.74) is 0.546. The number of hydrogen-bond acceptors (Lipinski definition) is 2. The third kappa shape index (κ3) is 1.94. The Morgan fingerprint density at radius 2 is 2.09 bits per heavy atom. The van der Waals surface area contributed by atoms with Gasteiger partial charge in [0.1, 0.15) is 0 Å². The van der Waals surface area contributed by atoms with Gasteiger partial charge in [0.2, 0.25) is 0 Å². The summed E-state index contributed by atoms with van der Waals surface area (Å²) in [5.74, 6) is 0. The summed E-state index contributed by atoms with van der Waals surface area (Å²) in [4.78, 5) is 2.24. The molecule has 66 valence electrons. The summed E-state index contributed by atoms with van der Waals surface area (Å²) in [6, 6.07) is 0.620. The average molecular weight is 157 g/mol. The van der Waals surface area contributed by atoms with Crippen molar-refractivity contribution in [2.75, 3.05) is 20.2 Å². The maximum absolute atomic E-state index is 8.73. The van der Waals surface area contributed by atoms with Crippen LogP contribution >= 0.6 is 0 Å². The second-order valence-corrected chi connectivity index (χ2v) is 4.03. The molecule has 1 saturated carbocycles. The Labute approximate surface area is 69.2 Å². The van der Waals surface area contributed by atoms with Gasteiger partial charge in [-0.1, -0.05) is 6.92 Å². The van der Waals surface area contributed by atoms with Crippen molar-refractivity contribution in [2.45, 2.75) is 32.7 Å². The van der Waals surface area contributed by atoms with Crippen LogP contribution in [0.2, 0.25) is 0 Å². The van der Waals surface area contributed by atoms with Crippen molar-refractivity contribution in [3.05, 3.63) is 0 Å². The van der Waals surface area contributed by atoms with Crippen LogP contribution in [0.15, 0.2) is 0 Å². The molecule has 1 fully saturated rings. The SMILES string of the molecule is CC(N(C)CCO)C1(C)CC1. The quantitative estimate of drug-likeness (QED) is 0.660. The highest BCUT2D eigenvalue weighted by atomic mass is 16.3. The summed E-state index contributed by atoms with van der Waals surface area (Å²) in [7, 11) is 2.09. The van der Waals surface area contributed by atoms with E-state index < -0.39 is 0 Å². The minimum Gasteiger partial charge on any atom is -0.395 e. The van der Waals surface area contributed by atoms with Gasteiger partial charge in [0.25, 0.3) is 0 Å². The van der Waals surface area contributed by atoms with E-state index in [1.54, 1.807) is 0 Å². The highest BCUT2D eigenvalue weighted by Gasteiger charge is 2.43. The van der Waals surface area contributed by atoms with Crippen molar-refractivity contribution in [3.8, 4) is 0 Å². The molecule has 1 aliphatic rings. The number of hydrogen-bond donors (Lipinski definition) is 1. The maximum atomic E-state index is 8.73. The van der Waals surface area contributed by atoms with Crippen LogP contribution < -0.4 is 0 Å². The van der Waals surface area contributed by atoms with Crippen LogP contribution in [0.4, 0.5) is 0 Å². The molecule has 0 amide bonds. The third-order valence-electron chi connectivity index (χ3n) is 3.16. The number of aliphatic hydroxyl groups is 1. The molecule has 0 bridgehead atoms. The second kappa shape index (κ2) is 3.11. The highest BCUT2D eigenvalue weighted by Crippen LogP contribution is 2.49. The smallest absolute Gasteiger partial charge is 0.0558 e. The van der Waals surface area contributed by atoms with E-state index in [1.165, 1.54) is 12.8 Å². The van der Waals surface area contributed by atoms with E-state index >= 15 is 0 Å². The highest BCUT2D eigenvalue weighted by molar-refractivity contribution is 4.96. The number of nitrogens with zero attached hydrogens (tertiary/aromatic N) is 1. The average Bonchev–Trinajstić information content (AvgIpc) is 2.68. The van der Waals surface area contributed by atoms with Crippen LogP contribution in [0.5, 0.6) is 0 Å². The standard InChI is InChI=1S/C9H19NO/c1-8(9(2)4-5-9)10(3)6-7-11/h8,11H,4-7H2,1-3H3. The molecule has 1 atom stereocenters. The molecule has 11 heavy (non-hydrogen) atoms. The minimum atomic E-state index is 0.275. The lowest BCUT2D eigenvalue weighted by Crippen LogP contribution is -2.37. The predicted molar refractivity (Wildman–Crippen MR) is 46.5 cm³/mol. The van der Waals surface area contributed by atoms with Crippen molar-refractivity contribution in [1.82, 2.24) is 4.90 Å². The molecule has 0 spiro atoms. The Kier molecular flexibility index (Phi) is 2.55. The van der Waals surface area contributed by atoms with Crippen molar-refractivity contribution in [1.29, 1.82) is 0 Å². The fraction of sp³-hybridized carbons (Fsp3) is 1.00. The second-order valence-electron chi connectivity index (χ2n) is 4.03. The molecule has 0 aromatic rings. The van der Waals surface area contributed by atoms with Crippen LogP contribution in [0.1, 0.15) is 26.7 Å². The monoisotopic (exact) mass is 157 g/mol. The number of likely N-dealkylation sites (N-methyl/N-ethyl adjacent to an activating group) is 1. The van der Waals surface area contributed by atoms with Gasteiger partial charge in [0, 0.05) is 12.6 Å². The Hall–Kier alpha value is -0.0800. The molecule has 2 nitrogen and oxygen atoms in total. The maximum Gasteiger partial charge on any atom is 0.0558 e. The van der Waals surface area contributed by atoms with Gasteiger partial charge in [-0.3, -0.25) is 0 Å². The van der Waals surface area contributed by atoms with E-state index in [1.807, 2.05) is 0 Å². The Morgan fingerprint density at radius 1 is 1.55 bits per heavy atom. The molecule has 0 radical (unpaired) electrons. The first-order valence-corrected chi connectivity index (χ1v) is 4.41. The largest absolute Gasteiger partial charge is 0.395 e. The van der Waals surface area contributed by atoms with E-state index in [9.17, 15) is 0 Å². The first kappa shape index (κ1) is 9.01. The lowest BCUT2D eigenvalue weighted by atomic mass is 10.00. The van der Waals surface area contributed by atoms with Gasteiger partial charge in [0.05, 0.1) is 6.61 Å². The van der Waals surface area contributed by atoms with Gasteiger partial charge in [0.15, 0.2) is 0 Å². The zero-order chi connectivity index (χ0) is 8.48. The van der Waals surface area contributed by atoms with Gasteiger partial charge in [-0.2, -0.15) is 0 Å². The molecule has 0 aromatic heterocycles. The van der Waals surface area contributed by atoms with Crippen molar-refractivity contribution < 1.29 is 5.11 Å². The Bertz CT molecular complexity index is 132. The fourth-order valence-electron chi connectivity index (χ4n) is 1.50. The van der Waals surface area contributed by atoms with E-state index in [0.717, 1.165) is 6.54 Å². The van der Waals surface area contributed by atoms with Crippen molar-refractivity contribution in [2.24, 2.45) is 5.41 Å². The number of rotatable bonds is 4. The molecular weight excluding hydrogens is 138 g/mol. The molecule has 1 unspecified atom stereocenters. The Morgan fingerprint density at radius 3 is 2.45 bits per heavy atom. The summed E-state index contributed by atoms with van der Waals surface area (Å²) in [6.45, 7) is 5.65. The predicted octanol–water partition coefficient (Wildman–Crippen LogP) is 1.10. The topological polar surface area (TPSA) is 23.5 Å². The first-order valence-electron chi connectivity index (χ1n) is 4.41. The normalized spacial score (nSPS) is 23.7. The van der Waals surface area contributed by atoms with Crippen LogP contribution in [0.3, 0.4) is 0 Å². The number of aliphatic hydroxyl groups excluding tert-OH is 1. The van der Waals surface area contributed by atoms with Gasteiger partial charge >= 0.3 is 0 Å². The summed E-state index contributed by atoms with van der Waals surface area (Å²) in [6.07, 6.45) is 2.70. The molecular formula is C9H19NO. The van der Waals surface area contributed by atoms with E-state index in [0.29, 0.717) is 11.5 Å². The van der Waals surface area contributed by atoms with Gasteiger partial charge in [-0.25, -0.2) is 0 Å². The van der Waals surface area contributed by atoms with E-state index in [-0.39, 0.29) is 6.61 Å². The minimum absolute atomic E-state index is 0.275. The van der Waals surface area contributed by atoms with Crippen LogP contribution in [-0.4, -0.2) is 36.2 Å². The fourth-order valence-corrected chi connectivity index (χ4v) is 1.50. The van der Waals surface area contributed by atoms with Crippen LogP contribution in [-0.2, 0) is 0 Å². The molecule has 1 aliphatic carbocycles. The van der Waals surface area contributed by atoms with Gasteiger partial charge in [-0.05, 0) is 32.2 Å². The van der Waals surface area contributed by atoms with E-state index in [4.69, 9.17) is 5.11 Å². The third-order valence-corrected chi connectivity index (χ3v) is 3.16. The molecule has 2 heteroatoms. The molecule has 0 aliphatic heterocycles. The summed E-state index contributed by atoms with van der Waals surface area (Å²) < 4.78 is 0. The lowest BCUT2D eigenvalue weighted by Gasteiger charge is -2.29. The summed E-state index contributed by atoms with van der Waals surface area (Å²) >= 11 is 0. The molecule has 0 heterocycles. The molecule has 0 aromatic carbocycles. The molecule has 1 rings (SSSR count). The zero-order valence-electron chi connectivity index (χ0n) is 7.80. The van der Waals surface area contributed by atoms with Crippen molar-refractivity contribution >= 4 is 0 Å². The Balaban J connectivity index is 2.34. The van der Waals surface area contributed by atoms with Gasteiger partial charge in [-0.15, -0.1) is 0 Å². The van der Waals surface area contributed by atoms with E-state index in [2.05, 4.69) is 25.8 Å². The van der Waals surface area contributed by atoms with Gasteiger partial charge < -0.3 is 10.0 Å². The molecule has 1 N–H and O–H groups in total.